The van der Waals surface area contributed by atoms with Gasteiger partial charge in [0.1, 0.15) is 5.82 Å². The third-order valence-corrected chi connectivity index (χ3v) is 2.13. The first-order valence-electron chi connectivity index (χ1n) is 5.10. The van der Waals surface area contributed by atoms with Crippen LogP contribution in [0.15, 0.2) is 11.0 Å². The number of hydrogen-bond acceptors (Lipinski definition) is 3. The molecule has 0 unspecified atom stereocenters. The molecule has 4 heteroatoms. The highest BCUT2D eigenvalue weighted by atomic mass is 16.5. The monoisotopic (exact) mass is 210 g/mol. The average molecular weight is 210 g/mol. The Morgan fingerprint density at radius 2 is 2.20 bits per heavy atom. The number of ether oxygens (including phenoxy) is 1. The molecule has 0 saturated heterocycles. The zero-order valence-electron chi connectivity index (χ0n) is 9.78. The van der Waals surface area contributed by atoms with Crippen molar-refractivity contribution in [2.45, 2.75) is 33.9 Å². The van der Waals surface area contributed by atoms with E-state index in [-0.39, 0.29) is 5.56 Å². The van der Waals surface area contributed by atoms with Gasteiger partial charge >= 0.3 is 0 Å². The molecule has 0 bridgehead atoms. The van der Waals surface area contributed by atoms with Gasteiger partial charge in [-0.05, 0) is 12.8 Å². The van der Waals surface area contributed by atoms with E-state index in [9.17, 15) is 4.79 Å². The van der Waals surface area contributed by atoms with Crippen molar-refractivity contribution in [2.24, 2.45) is 5.92 Å². The number of rotatable bonds is 4. The van der Waals surface area contributed by atoms with Crippen LogP contribution in [0.5, 0.6) is 0 Å². The fraction of sp³-hybridized carbons (Fsp3) is 0.636. The molecular formula is C11H18N2O2. The molecular weight excluding hydrogens is 192 g/mol. The van der Waals surface area contributed by atoms with Crippen molar-refractivity contribution in [2.75, 3.05) is 7.11 Å². The van der Waals surface area contributed by atoms with Crippen LogP contribution in [0.4, 0.5) is 0 Å². The van der Waals surface area contributed by atoms with Gasteiger partial charge in [0, 0.05) is 19.9 Å². The Hall–Kier alpha value is -1.16. The lowest BCUT2D eigenvalue weighted by molar-refractivity contribution is 0.182. The van der Waals surface area contributed by atoms with Crippen LogP contribution in [0.25, 0.3) is 0 Å². The van der Waals surface area contributed by atoms with Gasteiger partial charge in [-0.1, -0.05) is 13.8 Å². The van der Waals surface area contributed by atoms with E-state index < -0.39 is 0 Å². The van der Waals surface area contributed by atoms with Gasteiger partial charge in [0.25, 0.3) is 5.56 Å². The van der Waals surface area contributed by atoms with Crippen molar-refractivity contribution in [3.63, 3.8) is 0 Å². The SMILES string of the molecule is COCc1cn(CC(C)C)c(C)nc1=O. The first-order valence-corrected chi connectivity index (χ1v) is 5.10. The van der Waals surface area contributed by atoms with Gasteiger partial charge in [-0.15, -0.1) is 0 Å². The van der Waals surface area contributed by atoms with Crippen LogP contribution in [0.2, 0.25) is 0 Å². The zero-order valence-corrected chi connectivity index (χ0v) is 9.78. The van der Waals surface area contributed by atoms with E-state index in [0.29, 0.717) is 18.1 Å². The lowest BCUT2D eigenvalue weighted by Crippen LogP contribution is -2.21. The quantitative estimate of drug-likeness (QED) is 0.753. The molecule has 0 N–H and O–H groups in total. The van der Waals surface area contributed by atoms with Crippen LogP contribution in [-0.4, -0.2) is 16.7 Å². The molecule has 1 heterocycles. The van der Waals surface area contributed by atoms with Crippen molar-refractivity contribution >= 4 is 0 Å². The lowest BCUT2D eigenvalue weighted by atomic mass is 10.2. The van der Waals surface area contributed by atoms with Crippen LogP contribution in [0.1, 0.15) is 25.2 Å². The van der Waals surface area contributed by atoms with Crippen molar-refractivity contribution in [1.29, 1.82) is 0 Å². The van der Waals surface area contributed by atoms with Gasteiger partial charge in [-0.25, -0.2) is 0 Å². The molecule has 0 radical (unpaired) electrons. The lowest BCUT2D eigenvalue weighted by Gasteiger charge is -2.13. The normalized spacial score (nSPS) is 11.0. The molecule has 0 aromatic carbocycles. The standard InChI is InChI=1S/C11H18N2O2/c1-8(2)5-13-6-10(7-15-4)11(14)12-9(13)3/h6,8H,5,7H2,1-4H3. The summed E-state index contributed by atoms with van der Waals surface area (Å²) in [5.74, 6) is 1.29. The summed E-state index contributed by atoms with van der Waals surface area (Å²) in [5, 5.41) is 0. The second-order valence-corrected chi connectivity index (χ2v) is 4.10. The van der Waals surface area contributed by atoms with Gasteiger partial charge in [0.2, 0.25) is 0 Å². The van der Waals surface area contributed by atoms with Crippen LogP contribution in [0, 0.1) is 12.8 Å². The number of aryl methyl sites for hydroxylation is 1. The highest BCUT2D eigenvalue weighted by molar-refractivity contribution is 5.06. The smallest absolute Gasteiger partial charge is 0.278 e. The van der Waals surface area contributed by atoms with Gasteiger partial charge < -0.3 is 9.30 Å². The van der Waals surface area contributed by atoms with E-state index >= 15 is 0 Å². The van der Waals surface area contributed by atoms with Crippen LogP contribution in [-0.2, 0) is 17.9 Å². The maximum absolute atomic E-state index is 11.5. The topological polar surface area (TPSA) is 44.1 Å². The minimum atomic E-state index is -0.186. The molecule has 0 aliphatic heterocycles. The van der Waals surface area contributed by atoms with Crippen molar-refractivity contribution in [1.82, 2.24) is 9.55 Å². The molecule has 0 spiro atoms. The first kappa shape index (κ1) is 11.9. The molecule has 15 heavy (non-hydrogen) atoms. The number of hydrogen-bond donors (Lipinski definition) is 0. The Balaban J connectivity index is 3.06. The number of aromatic nitrogens is 2. The second-order valence-electron chi connectivity index (χ2n) is 4.10. The summed E-state index contributed by atoms with van der Waals surface area (Å²) in [4.78, 5) is 15.4. The highest BCUT2D eigenvalue weighted by Gasteiger charge is 2.06. The summed E-state index contributed by atoms with van der Waals surface area (Å²) < 4.78 is 6.96. The van der Waals surface area contributed by atoms with E-state index in [0.717, 1.165) is 12.4 Å². The van der Waals surface area contributed by atoms with Gasteiger partial charge in [0.05, 0.1) is 12.2 Å². The number of methoxy groups -OCH3 is 1. The molecule has 1 aromatic rings. The molecule has 0 fully saturated rings. The molecule has 0 saturated carbocycles. The third kappa shape index (κ3) is 3.16. The summed E-state index contributed by atoms with van der Waals surface area (Å²) in [6, 6.07) is 0. The summed E-state index contributed by atoms with van der Waals surface area (Å²) in [5.41, 5.74) is 0.429. The van der Waals surface area contributed by atoms with Crippen LogP contribution in [0.3, 0.4) is 0 Å². The minimum absolute atomic E-state index is 0.186. The molecule has 1 rings (SSSR count). The Morgan fingerprint density at radius 1 is 1.53 bits per heavy atom. The van der Waals surface area contributed by atoms with Gasteiger partial charge in [-0.3, -0.25) is 4.79 Å². The van der Waals surface area contributed by atoms with E-state index in [1.54, 1.807) is 7.11 Å². The Morgan fingerprint density at radius 3 is 2.73 bits per heavy atom. The van der Waals surface area contributed by atoms with E-state index in [1.807, 2.05) is 17.7 Å². The minimum Gasteiger partial charge on any atom is -0.380 e. The maximum atomic E-state index is 11.5. The van der Waals surface area contributed by atoms with Gasteiger partial charge in [-0.2, -0.15) is 4.98 Å². The van der Waals surface area contributed by atoms with E-state index in [1.165, 1.54) is 0 Å². The fourth-order valence-corrected chi connectivity index (χ4v) is 1.45. The van der Waals surface area contributed by atoms with E-state index in [2.05, 4.69) is 18.8 Å². The van der Waals surface area contributed by atoms with Crippen molar-refractivity contribution < 1.29 is 4.74 Å². The summed E-state index contributed by atoms with van der Waals surface area (Å²) in [6.45, 7) is 7.31. The van der Waals surface area contributed by atoms with Crippen molar-refractivity contribution in [3.8, 4) is 0 Å². The van der Waals surface area contributed by atoms with E-state index in [4.69, 9.17) is 4.74 Å². The Bertz CT molecular complexity index is 383. The fourth-order valence-electron chi connectivity index (χ4n) is 1.45. The van der Waals surface area contributed by atoms with Crippen LogP contribution >= 0.6 is 0 Å². The van der Waals surface area contributed by atoms with Crippen molar-refractivity contribution in [3.05, 3.63) is 27.9 Å². The van der Waals surface area contributed by atoms with Gasteiger partial charge in [0.15, 0.2) is 0 Å². The molecule has 4 nitrogen and oxygen atoms in total. The molecule has 84 valence electrons. The van der Waals surface area contributed by atoms with Crippen LogP contribution < -0.4 is 5.56 Å². The first-order chi connectivity index (χ1) is 7.04. The molecule has 0 aliphatic rings. The Labute approximate surface area is 89.9 Å². The molecule has 0 atom stereocenters. The molecule has 1 aromatic heterocycles. The zero-order chi connectivity index (χ0) is 11.4. The predicted octanol–water partition coefficient (Wildman–Crippen LogP) is 1.35. The predicted molar refractivity (Wildman–Crippen MR) is 58.8 cm³/mol. The average Bonchev–Trinajstić information content (AvgIpc) is 2.12. The Kier molecular flexibility index (Phi) is 4.03. The third-order valence-electron chi connectivity index (χ3n) is 2.13. The second kappa shape index (κ2) is 5.07. The summed E-state index contributed by atoms with van der Waals surface area (Å²) in [7, 11) is 1.58. The molecule has 0 amide bonds. The summed E-state index contributed by atoms with van der Waals surface area (Å²) in [6.07, 6.45) is 1.84. The molecule has 0 aliphatic carbocycles. The maximum Gasteiger partial charge on any atom is 0.278 e. The largest absolute Gasteiger partial charge is 0.380 e. The number of nitrogens with zero attached hydrogens (tertiary/aromatic N) is 2. The highest BCUT2D eigenvalue weighted by Crippen LogP contribution is 2.03. The summed E-state index contributed by atoms with van der Waals surface area (Å²) >= 11 is 0.